The van der Waals surface area contributed by atoms with Gasteiger partial charge in [-0.2, -0.15) is 5.06 Å². The number of carbonyl (C=O) groups excluding carboxylic acids is 4. The fourth-order valence-corrected chi connectivity index (χ4v) is 6.28. The second-order valence-corrected chi connectivity index (χ2v) is 12.1. The third-order valence-corrected chi connectivity index (χ3v) is 8.24. The molecule has 4 heterocycles. The minimum absolute atomic E-state index is 0.0489. The fourth-order valence-electron chi connectivity index (χ4n) is 4.71. The molecule has 0 spiro atoms. The van der Waals surface area contributed by atoms with Crippen molar-refractivity contribution >= 4 is 56.2 Å². The highest BCUT2D eigenvalue weighted by molar-refractivity contribution is 7.15. The molecule has 2 N–H and O–H groups in total. The van der Waals surface area contributed by atoms with Crippen LogP contribution in [0.1, 0.15) is 74.1 Å². The van der Waals surface area contributed by atoms with Crippen molar-refractivity contribution in [2.45, 2.75) is 65.5 Å². The minimum Gasteiger partial charge on any atom is -0.327 e. The molecular weight excluding hydrogens is 512 g/mol. The summed E-state index contributed by atoms with van der Waals surface area (Å²) in [6.07, 6.45) is 2.78. The fraction of sp³-hybridized carbons (Fsp3) is 0.538. The normalized spacial score (nSPS) is 20.3. The maximum absolute atomic E-state index is 13.5. The van der Waals surface area contributed by atoms with E-state index >= 15 is 0 Å². The van der Waals surface area contributed by atoms with Gasteiger partial charge in [-0.25, -0.2) is 0 Å². The van der Waals surface area contributed by atoms with E-state index in [0.717, 1.165) is 6.42 Å². The third kappa shape index (κ3) is 5.95. The summed E-state index contributed by atoms with van der Waals surface area (Å²) < 4.78 is 0. The summed E-state index contributed by atoms with van der Waals surface area (Å²) >= 11 is 2.58. The predicted molar refractivity (Wildman–Crippen MR) is 145 cm³/mol. The van der Waals surface area contributed by atoms with Gasteiger partial charge in [0.15, 0.2) is 5.78 Å². The highest BCUT2D eigenvalue weighted by atomic mass is 32.1. The van der Waals surface area contributed by atoms with Crippen LogP contribution in [-0.4, -0.2) is 65.2 Å². The molecule has 4 rings (SSSR count). The maximum atomic E-state index is 13.5. The highest BCUT2D eigenvalue weighted by Gasteiger charge is 2.37. The lowest BCUT2D eigenvalue weighted by molar-refractivity contribution is -0.170. The Labute approximate surface area is 225 Å². The van der Waals surface area contributed by atoms with Crippen molar-refractivity contribution in [2.24, 2.45) is 5.41 Å². The van der Waals surface area contributed by atoms with E-state index in [1.165, 1.54) is 22.7 Å². The molecule has 0 aromatic carbocycles. The molecule has 0 aliphatic carbocycles. The largest absolute Gasteiger partial charge is 0.327 e. The number of hydroxylamine groups is 2. The molecule has 11 heteroatoms. The van der Waals surface area contributed by atoms with E-state index < -0.39 is 17.5 Å². The Hall–Kier alpha value is -2.60. The van der Waals surface area contributed by atoms with Gasteiger partial charge >= 0.3 is 0 Å². The lowest BCUT2D eigenvalue weighted by Gasteiger charge is -2.25. The zero-order valence-electron chi connectivity index (χ0n) is 21.7. The number of rotatable bonds is 8. The molecule has 200 valence electrons. The van der Waals surface area contributed by atoms with Crippen LogP contribution < -0.4 is 10.6 Å². The van der Waals surface area contributed by atoms with Gasteiger partial charge in [0, 0.05) is 18.5 Å². The van der Waals surface area contributed by atoms with E-state index in [-0.39, 0.29) is 23.5 Å². The van der Waals surface area contributed by atoms with Crippen LogP contribution in [0.15, 0.2) is 22.9 Å². The summed E-state index contributed by atoms with van der Waals surface area (Å²) in [6, 6.07) is 2.36. The Balaban J connectivity index is 1.45. The van der Waals surface area contributed by atoms with Crippen LogP contribution in [0, 0.1) is 5.41 Å². The molecule has 2 aromatic heterocycles. The number of carbonyl (C=O) groups is 4. The van der Waals surface area contributed by atoms with Crippen LogP contribution in [0.25, 0.3) is 0 Å². The number of Topliss-reactive ketones (excluding diaryl/α,β-unsaturated/α-hetero) is 1. The topological polar surface area (TPSA) is 108 Å². The van der Waals surface area contributed by atoms with Crippen molar-refractivity contribution < 1.29 is 24.0 Å². The monoisotopic (exact) mass is 546 g/mol. The summed E-state index contributed by atoms with van der Waals surface area (Å²) in [5.41, 5.74) is 0.282. The van der Waals surface area contributed by atoms with Crippen LogP contribution in [-0.2, 0) is 14.4 Å². The number of hydrogen-bond acceptors (Lipinski definition) is 8. The third-order valence-electron chi connectivity index (χ3n) is 6.58. The Morgan fingerprint density at radius 1 is 0.919 bits per heavy atom. The van der Waals surface area contributed by atoms with Gasteiger partial charge < -0.3 is 15.5 Å². The second kappa shape index (κ2) is 11.4. The van der Waals surface area contributed by atoms with E-state index in [0.29, 0.717) is 60.1 Å². The van der Waals surface area contributed by atoms with Gasteiger partial charge in [-0.05, 0) is 55.5 Å². The molecule has 2 unspecified atom stereocenters. The van der Waals surface area contributed by atoms with Gasteiger partial charge in [0.05, 0.1) is 17.7 Å². The number of nitrogens with one attached hydrogen (secondary N) is 2. The molecule has 2 atom stereocenters. The van der Waals surface area contributed by atoms with Crippen LogP contribution in [0.2, 0.25) is 0 Å². The molecule has 0 bridgehead atoms. The van der Waals surface area contributed by atoms with Crippen molar-refractivity contribution in [2.75, 3.05) is 30.3 Å². The molecule has 2 saturated heterocycles. The molecular formula is C26H34N4O5S2. The molecule has 2 aliphatic rings. The molecule has 2 aromatic rings. The molecule has 3 amide bonds. The summed E-state index contributed by atoms with van der Waals surface area (Å²) in [4.78, 5) is 59.7. The molecule has 2 aliphatic heterocycles. The van der Waals surface area contributed by atoms with E-state index in [1.54, 1.807) is 32.9 Å². The van der Waals surface area contributed by atoms with E-state index in [9.17, 15) is 19.2 Å². The zero-order valence-corrected chi connectivity index (χ0v) is 23.3. The van der Waals surface area contributed by atoms with Gasteiger partial charge in [0.25, 0.3) is 5.91 Å². The SMILES string of the molecule is CCON1CCCC1C(=O)Nc1sccc1C(=O)N1CCCC1C(=O)Nc1sccc1C(=O)C(C)(C)C. The van der Waals surface area contributed by atoms with Crippen molar-refractivity contribution in [3.8, 4) is 0 Å². The van der Waals surface area contributed by atoms with Crippen molar-refractivity contribution in [1.29, 1.82) is 0 Å². The van der Waals surface area contributed by atoms with Crippen LogP contribution in [0.5, 0.6) is 0 Å². The van der Waals surface area contributed by atoms with Crippen molar-refractivity contribution in [1.82, 2.24) is 9.96 Å². The number of ketones is 1. The standard InChI is InChI=1S/C26H34N4O5S2/c1-5-35-30-13-7-9-19(30)22(33)28-24-17(11-15-37-24)25(34)29-12-6-8-18(29)21(32)27-23-16(10-14-36-23)20(31)26(2,3)4/h10-11,14-15,18-19H,5-9,12-13H2,1-4H3,(H,27,32)(H,28,33). The number of anilines is 2. The van der Waals surface area contributed by atoms with Gasteiger partial charge in [-0.1, -0.05) is 20.8 Å². The first-order chi connectivity index (χ1) is 17.6. The molecule has 0 radical (unpaired) electrons. The Kier molecular flexibility index (Phi) is 8.47. The summed E-state index contributed by atoms with van der Waals surface area (Å²) in [5, 5.41) is 12.0. The Morgan fingerprint density at radius 2 is 1.49 bits per heavy atom. The lowest BCUT2D eigenvalue weighted by atomic mass is 9.87. The van der Waals surface area contributed by atoms with Gasteiger partial charge in [0.2, 0.25) is 11.8 Å². The smallest absolute Gasteiger partial charge is 0.257 e. The summed E-state index contributed by atoms with van der Waals surface area (Å²) in [7, 11) is 0. The van der Waals surface area contributed by atoms with Gasteiger partial charge in [-0.15, -0.1) is 22.7 Å². The molecule has 0 saturated carbocycles. The predicted octanol–water partition coefficient (Wildman–Crippen LogP) is 4.64. The average Bonchev–Trinajstić information content (AvgIpc) is 3.64. The lowest BCUT2D eigenvalue weighted by Crippen LogP contribution is -2.43. The summed E-state index contributed by atoms with van der Waals surface area (Å²) in [6.45, 7) is 9.03. The first-order valence-electron chi connectivity index (χ1n) is 12.6. The summed E-state index contributed by atoms with van der Waals surface area (Å²) in [5.74, 6) is -0.853. The number of thiophene rings is 2. The number of hydrogen-bond donors (Lipinski definition) is 2. The highest BCUT2D eigenvalue weighted by Crippen LogP contribution is 2.33. The first-order valence-corrected chi connectivity index (χ1v) is 14.4. The van der Waals surface area contributed by atoms with E-state index in [1.807, 2.05) is 27.7 Å². The molecule has 9 nitrogen and oxygen atoms in total. The quantitative estimate of drug-likeness (QED) is 0.467. The van der Waals surface area contributed by atoms with Gasteiger partial charge in [-0.3, -0.25) is 24.0 Å². The van der Waals surface area contributed by atoms with E-state index in [2.05, 4.69) is 10.6 Å². The zero-order chi connectivity index (χ0) is 26.7. The molecule has 37 heavy (non-hydrogen) atoms. The number of nitrogens with zero attached hydrogens (tertiary/aromatic N) is 2. The first kappa shape index (κ1) is 27.4. The number of amides is 3. The van der Waals surface area contributed by atoms with Crippen LogP contribution in [0.3, 0.4) is 0 Å². The van der Waals surface area contributed by atoms with Crippen LogP contribution in [0.4, 0.5) is 10.0 Å². The van der Waals surface area contributed by atoms with Crippen molar-refractivity contribution in [3.05, 3.63) is 34.0 Å². The minimum atomic E-state index is -0.654. The Morgan fingerprint density at radius 3 is 2.14 bits per heavy atom. The average molecular weight is 547 g/mol. The second-order valence-electron chi connectivity index (χ2n) is 10.3. The van der Waals surface area contributed by atoms with Crippen molar-refractivity contribution in [3.63, 3.8) is 0 Å². The molecule has 2 fully saturated rings. The van der Waals surface area contributed by atoms with Crippen LogP contribution >= 0.6 is 22.7 Å². The van der Waals surface area contributed by atoms with Gasteiger partial charge in [0.1, 0.15) is 22.1 Å². The Bertz CT molecular complexity index is 1170. The maximum Gasteiger partial charge on any atom is 0.257 e. The number of likely N-dealkylation sites (tertiary alicyclic amines) is 1. The van der Waals surface area contributed by atoms with E-state index in [4.69, 9.17) is 4.84 Å².